The number of nitrogens with one attached hydrogen (secondary N) is 1. The molecule has 0 bridgehead atoms. The van der Waals surface area contributed by atoms with Crippen LogP contribution >= 0.6 is 0 Å². The van der Waals surface area contributed by atoms with E-state index in [0.29, 0.717) is 13.2 Å². The number of hydrogen-bond donors (Lipinski definition) is 1. The van der Waals surface area contributed by atoms with Crippen molar-refractivity contribution in [1.29, 1.82) is 0 Å². The van der Waals surface area contributed by atoms with Crippen LogP contribution in [0.1, 0.15) is 23.1 Å². The third kappa shape index (κ3) is 5.15. The lowest BCUT2D eigenvalue weighted by molar-refractivity contribution is 0.0127. The van der Waals surface area contributed by atoms with E-state index in [1.54, 1.807) is 0 Å². The molecule has 0 amide bonds. The van der Waals surface area contributed by atoms with Crippen LogP contribution in [0.3, 0.4) is 0 Å². The maximum absolute atomic E-state index is 12.4. The van der Waals surface area contributed by atoms with Gasteiger partial charge in [0.2, 0.25) is 10.0 Å². The van der Waals surface area contributed by atoms with Crippen LogP contribution in [0, 0.1) is 6.92 Å². The van der Waals surface area contributed by atoms with Gasteiger partial charge in [-0.2, -0.15) is 0 Å². The lowest BCUT2D eigenvalue weighted by Gasteiger charge is -2.33. The predicted octanol–water partition coefficient (Wildman–Crippen LogP) is 2.08. The number of nitrogens with zero attached hydrogens (tertiary/aromatic N) is 1. The summed E-state index contributed by atoms with van der Waals surface area (Å²) in [7, 11) is -3.42. The zero-order chi connectivity index (χ0) is 17.7. The summed E-state index contributed by atoms with van der Waals surface area (Å²) in [6.07, 6.45) is 0. The maximum atomic E-state index is 12.4. The molecule has 136 valence electrons. The molecule has 1 atom stereocenters. The average Bonchev–Trinajstić information content (AvgIpc) is 3.02. The normalized spacial score (nSPS) is 17.5. The number of benzene rings is 1. The van der Waals surface area contributed by atoms with E-state index in [9.17, 15) is 8.42 Å². The lowest BCUT2D eigenvalue weighted by atomic mass is 10.2. The first kappa shape index (κ1) is 18.1. The number of aryl methyl sites for hydroxylation is 1. The number of rotatable bonds is 7. The molecule has 7 heteroatoms. The minimum absolute atomic E-state index is 0.0269. The summed E-state index contributed by atoms with van der Waals surface area (Å²) in [5, 5.41) is 0. The Balaban J connectivity index is 1.69. The zero-order valence-corrected chi connectivity index (χ0v) is 15.2. The first-order valence-corrected chi connectivity index (χ1v) is 10.1. The molecule has 25 heavy (non-hydrogen) atoms. The quantitative estimate of drug-likeness (QED) is 0.814. The molecule has 3 rings (SSSR count). The third-order valence-electron chi connectivity index (χ3n) is 4.27. The second-order valence-electron chi connectivity index (χ2n) is 6.21. The number of furan rings is 1. The van der Waals surface area contributed by atoms with Crippen LogP contribution in [0.5, 0.6) is 0 Å². The number of ether oxygens (including phenoxy) is 1. The highest BCUT2D eigenvalue weighted by molar-refractivity contribution is 7.88. The fraction of sp³-hybridized carbons (Fsp3) is 0.444. The van der Waals surface area contributed by atoms with Crippen molar-refractivity contribution in [2.24, 2.45) is 0 Å². The van der Waals surface area contributed by atoms with Gasteiger partial charge in [-0.15, -0.1) is 0 Å². The van der Waals surface area contributed by atoms with Crippen molar-refractivity contribution in [2.45, 2.75) is 18.7 Å². The number of morpholine rings is 1. The Morgan fingerprint density at radius 3 is 2.48 bits per heavy atom. The largest absolute Gasteiger partial charge is 0.465 e. The summed E-state index contributed by atoms with van der Waals surface area (Å²) in [5.74, 6) is 1.57. The summed E-state index contributed by atoms with van der Waals surface area (Å²) in [5.41, 5.74) is 0.770. The molecule has 1 fully saturated rings. The van der Waals surface area contributed by atoms with Crippen molar-refractivity contribution in [1.82, 2.24) is 9.62 Å². The van der Waals surface area contributed by atoms with Gasteiger partial charge in [0.15, 0.2) is 0 Å². The van der Waals surface area contributed by atoms with Crippen LogP contribution in [0.4, 0.5) is 0 Å². The van der Waals surface area contributed by atoms with Gasteiger partial charge in [-0.25, -0.2) is 13.1 Å². The van der Waals surface area contributed by atoms with Crippen molar-refractivity contribution in [3.63, 3.8) is 0 Å². The molecule has 6 nitrogen and oxygen atoms in total. The van der Waals surface area contributed by atoms with Crippen molar-refractivity contribution >= 4 is 10.0 Å². The van der Waals surface area contributed by atoms with Crippen molar-refractivity contribution in [3.8, 4) is 0 Å². The molecule has 1 saturated heterocycles. The van der Waals surface area contributed by atoms with E-state index in [4.69, 9.17) is 9.15 Å². The molecule has 1 aliphatic rings. The maximum Gasteiger partial charge on any atom is 0.215 e. The Kier molecular flexibility index (Phi) is 5.90. The Morgan fingerprint density at radius 2 is 1.84 bits per heavy atom. The summed E-state index contributed by atoms with van der Waals surface area (Å²) < 4.78 is 38.8. The molecular weight excluding hydrogens is 340 g/mol. The third-order valence-corrected chi connectivity index (χ3v) is 5.59. The molecule has 0 unspecified atom stereocenters. The van der Waals surface area contributed by atoms with Crippen LogP contribution < -0.4 is 4.72 Å². The van der Waals surface area contributed by atoms with Gasteiger partial charge in [-0.3, -0.25) is 4.90 Å². The highest BCUT2D eigenvalue weighted by Gasteiger charge is 2.26. The molecule has 0 spiro atoms. The molecule has 1 aromatic heterocycles. The van der Waals surface area contributed by atoms with Crippen molar-refractivity contribution in [2.75, 3.05) is 32.8 Å². The van der Waals surface area contributed by atoms with Crippen LogP contribution in [0.2, 0.25) is 0 Å². The van der Waals surface area contributed by atoms with E-state index in [0.717, 1.165) is 30.2 Å². The fourth-order valence-electron chi connectivity index (χ4n) is 2.98. The van der Waals surface area contributed by atoms with Crippen LogP contribution in [0.15, 0.2) is 46.9 Å². The molecule has 1 N–H and O–H groups in total. The molecule has 2 aromatic rings. The van der Waals surface area contributed by atoms with Crippen molar-refractivity contribution < 1.29 is 17.6 Å². The minimum atomic E-state index is -3.42. The van der Waals surface area contributed by atoms with Crippen molar-refractivity contribution in [3.05, 3.63) is 59.5 Å². The Labute approximate surface area is 148 Å². The minimum Gasteiger partial charge on any atom is -0.465 e. The molecule has 0 radical (unpaired) electrons. The second-order valence-corrected chi connectivity index (χ2v) is 8.01. The lowest BCUT2D eigenvalue weighted by Crippen LogP contribution is -2.43. The molecular formula is C18H24N2O4S. The van der Waals surface area contributed by atoms with E-state index in [1.165, 1.54) is 0 Å². The Bertz CT molecular complexity index is 767. The Morgan fingerprint density at radius 1 is 1.12 bits per heavy atom. The van der Waals surface area contributed by atoms with E-state index in [-0.39, 0.29) is 18.3 Å². The standard InChI is InChI=1S/C18H24N2O4S/c1-15-7-8-18(24-15)17(20-9-11-23-12-10-20)13-19-25(21,22)14-16-5-3-2-4-6-16/h2-8,17,19H,9-14H2,1H3/t17-/m1/s1. The molecule has 1 aliphatic heterocycles. The van der Waals surface area contributed by atoms with E-state index in [1.807, 2.05) is 49.4 Å². The van der Waals surface area contributed by atoms with Gasteiger partial charge in [-0.05, 0) is 24.6 Å². The van der Waals surface area contributed by atoms with Gasteiger partial charge in [0.25, 0.3) is 0 Å². The summed E-state index contributed by atoms with van der Waals surface area (Å²) in [6.45, 7) is 4.97. The number of sulfonamides is 1. The molecule has 1 aromatic carbocycles. The van der Waals surface area contributed by atoms with Gasteiger partial charge in [-0.1, -0.05) is 30.3 Å². The van der Waals surface area contributed by atoms with E-state index >= 15 is 0 Å². The molecule has 0 aliphatic carbocycles. The number of hydrogen-bond acceptors (Lipinski definition) is 5. The topological polar surface area (TPSA) is 71.8 Å². The van der Waals surface area contributed by atoms with Gasteiger partial charge in [0.05, 0.1) is 25.0 Å². The van der Waals surface area contributed by atoms with E-state index < -0.39 is 10.0 Å². The summed E-state index contributed by atoms with van der Waals surface area (Å²) in [4.78, 5) is 2.20. The van der Waals surface area contributed by atoms with Gasteiger partial charge in [0.1, 0.15) is 11.5 Å². The van der Waals surface area contributed by atoms with Gasteiger partial charge < -0.3 is 9.15 Å². The first-order chi connectivity index (χ1) is 12.0. The zero-order valence-electron chi connectivity index (χ0n) is 14.3. The molecule has 0 saturated carbocycles. The summed E-state index contributed by atoms with van der Waals surface area (Å²) >= 11 is 0. The monoisotopic (exact) mass is 364 g/mol. The fourth-order valence-corrected chi connectivity index (χ4v) is 4.13. The SMILES string of the molecule is Cc1ccc([C@@H](CNS(=O)(=O)Cc2ccccc2)N2CCOCC2)o1. The Hall–Kier alpha value is -1.67. The van der Waals surface area contributed by atoms with Crippen LogP contribution in [-0.2, 0) is 20.5 Å². The summed E-state index contributed by atoms with van der Waals surface area (Å²) in [6, 6.07) is 12.9. The molecule has 2 heterocycles. The second kappa shape index (κ2) is 8.14. The highest BCUT2D eigenvalue weighted by atomic mass is 32.2. The van der Waals surface area contributed by atoms with E-state index in [2.05, 4.69) is 9.62 Å². The smallest absolute Gasteiger partial charge is 0.215 e. The predicted molar refractivity (Wildman–Crippen MR) is 95.6 cm³/mol. The highest BCUT2D eigenvalue weighted by Crippen LogP contribution is 2.23. The van der Waals surface area contributed by atoms with Gasteiger partial charge >= 0.3 is 0 Å². The van der Waals surface area contributed by atoms with Gasteiger partial charge in [0, 0.05) is 19.6 Å². The average molecular weight is 364 g/mol. The van der Waals surface area contributed by atoms with Crippen LogP contribution in [-0.4, -0.2) is 46.2 Å². The first-order valence-electron chi connectivity index (χ1n) is 8.43. The van der Waals surface area contributed by atoms with Crippen LogP contribution in [0.25, 0.3) is 0 Å².